The van der Waals surface area contributed by atoms with E-state index in [4.69, 9.17) is 15.9 Å². The number of hydrogen-bond acceptors (Lipinski definition) is 8. The number of aryl methyl sites for hydroxylation is 1. The van der Waals surface area contributed by atoms with Crippen LogP contribution in [0.2, 0.25) is 0 Å². The Kier molecular flexibility index (Phi) is 19.3. The minimum absolute atomic E-state index is 0.0302. The van der Waals surface area contributed by atoms with Crippen LogP contribution >= 0.6 is 0 Å². The fourth-order valence-electron chi connectivity index (χ4n) is 8.97. The first kappa shape index (κ1) is 52.1. The van der Waals surface area contributed by atoms with Crippen LogP contribution in [-0.4, -0.2) is 102 Å². The van der Waals surface area contributed by atoms with E-state index in [-0.39, 0.29) is 74.8 Å². The first-order valence-electron chi connectivity index (χ1n) is 24.0. The average molecular weight is 919 g/mol. The summed E-state index contributed by atoms with van der Waals surface area (Å²) in [5.41, 5.74) is 2.54. The molecular weight excluding hydrogens is 847 g/mol. The number of carbonyl (C=O) groups is 6. The molecule has 2 heterocycles. The van der Waals surface area contributed by atoms with E-state index in [1.807, 2.05) is 107 Å². The highest BCUT2D eigenvalue weighted by Gasteiger charge is 2.50. The number of benzene rings is 3. The third-order valence-corrected chi connectivity index (χ3v) is 12.6. The number of carbonyl (C=O) groups excluding carboxylic acids is 6. The van der Waals surface area contributed by atoms with Gasteiger partial charge >= 0.3 is 0 Å². The van der Waals surface area contributed by atoms with E-state index < -0.39 is 47.5 Å². The topological polar surface area (TPSA) is 172 Å². The predicted octanol–water partition coefficient (Wildman–Crippen LogP) is 5.60. The van der Waals surface area contributed by atoms with Crippen molar-refractivity contribution in [3.05, 3.63) is 101 Å². The molecular formula is C54H72N5O8+. The standard InChI is InChI=1S/C54H71N5O8/c1-8-28-66-48-33-42(31-39(6)60)22-24-43(48)34-59(26-16-11-17-27-59)35-49(61)55-44(25-23-40-18-12-9-13-19-40)51(63)57-46(30-38(4)5)52(64)58-47(32-41-20-14-10-15-21-41)53(65)56-45(29-37(2)3)50(62)54(7)36-67-54/h1,9-10,12-15,18-22,24,33,37-38,44-47H,11,16-17,23,25-32,34-36H2,2-7H3,(H3-,55,56,57,58,61,63,64,65)/p+1/t44-,45-,46-,47-,54+/m0/s1. The number of ether oxygens (including phenoxy) is 2. The Bertz CT molecular complexity index is 2190. The molecule has 2 saturated heterocycles. The number of nitrogens with one attached hydrogen (secondary N) is 4. The number of rotatable bonds is 26. The van der Waals surface area contributed by atoms with Crippen LogP contribution in [0.4, 0.5) is 0 Å². The van der Waals surface area contributed by atoms with E-state index >= 15 is 0 Å². The van der Waals surface area contributed by atoms with Crippen molar-refractivity contribution in [1.29, 1.82) is 0 Å². The fourth-order valence-corrected chi connectivity index (χ4v) is 8.97. The molecule has 0 saturated carbocycles. The summed E-state index contributed by atoms with van der Waals surface area (Å²) >= 11 is 0. The summed E-state index contributed by atoms with van der Waals surface area (Å²) in [5.74, 6) is 1.13. The van der Waals surface area contributed by atoms with Gasteiger partial charge in [0, 0.05) is 18.4 Å². The Morgan fingerprint density at radius 2 is 1.30 bits per heavy atom. The van der Waals surface area contributed by atoms with Crippen LogP contribution in [0.15, 0.2) is 78.9 Å². The maximum Gasteiger partial charge on any atom is 0.275 e. The highest BCUT2D eigenvalue weighted by molar-refractivity contribution is 5.99. The molecule has 0 bridgehead atoms. The molecule has 67 heavy (non-hydrogen) atoms. The van der Waals surface area contributed by atoms with Gasteiger partial charge in [0.25, 0.3) is 5.91 Å². The number of epoxide rings is 1. The maximum absolute atomic E-state index is 14.6. The van der Waals surface area contributed by atoms with Gasteiger partial charge in [0.1, 0.15) is 48.4 Å². The fraction of sp³-hybridized carbons (Fsp3) is 0.519. The Hall–Kier alpha value is -5.84. The maximum atomic E-state index is 14.6. The first-order valence-corrected chi connectivity index (χ1v) is 24.0. The number of ketones is 2. The lowest BCUT2D eigenvalue weighted by Crippen LogP contribution is -2.60. The van der Waals surface area contributed by atoms with Crippen molar-refractivity contribution in [2.75, 3.05) is 32.8 Å². The molecule has 0 spiro atoms. The molecule has 13 heteroatoms. The van der Waals surface area contributed by atoms with Crippen molar-refractivity contribution < 1.29 is 42.7 Å². The van der Waals surface area contributed by atoms with Gasteiger partial charge in [-0.05, 0) is 99.5 Å². The van der Waals surface area contributed by atoms with Crippen LogP contribution in [0.1, 0.15) is 102 Å². The summed E-state index contributed by atoms with van der Waals surface area (Å²) in [5, 5.41) is 11.9. The molecule has 0 aliphatic carbocycles. The Balaban J connectivity index is 1.37. The molecule has 2 fully saturated rings. The lowest BCUT2D eigenvalue weighted by atomic mass is 9.93. The first-order chi connectivity index (χ1) is 32.0. The van der Waals surface area contributed by atoms with Gasteiger partial charge in [0.15, 0.2) is 12.3 Å². The van der Waals surface area contributed by atoms with Gasteiger partial charge in [-0.2, -0.15) is 0 Å². The van der Waals surface area contributed by atoms with Gasteiger partial charge in [-0.15, -0.1) is 6.42 Å². The molecule has 5 rings (SSSR count). The zero-order valence-electron chi connectivity index (χ0n) is 40.4. The normalized spacial score (nSPS) is 18.1. The van der Waals surface area contributed by atoms with Crippen molar-refractivity contribution in [1.82, 2.24) is 21.3 Å². The van der Waals surface area contributed by atoms with Gasteiger partial charge in [-0.25, -0.2) is 0 Å². The minimum atomic E-state index is -1.07. The van der Waals surface area contributed by atoms with Crippen molar-refractivity contribution in [3.63, 3.8) is 0 Å². The molecule has 5 atom stereocenters. The zero-order valence-corrected chi connectivity index (χ0v) is 40.4. The highest BCUT2D eigenvalue weighted by atomic mass is 16.6. The molecule has 360 valence electrons. The van der Waals surface area contributed by atoms with Crippen molar-refractivity contribution in [2.24, 2.45) is 11.8 Å². The summed E-state index contributed by atoms with van der Waals surface area (Å²) < 4.78 is 11.9. The molecule has 3 aromatic rings. The van der Waals surface area contributed by atoms with Gasteiger partial charge < -0.3 is 35.2 Å². The van der Waals surface area contributed by atoms with Crippen molar-refractivity contribution >= 4 is 35.2 Å². The SMILES string of the molecule is C#CCOc1cc(CC(C)=O)ccc1C[N+]1(CC(=O)N[C@@H](CCc2ccccc2)C(=O)N[C@@H](CC(C)C)C(=O)N[C@@H](Cc2ccccc2)C(=O)N[C@@H](CC(C)C)C(=O)[C@@]2(C)CO2)CCCCC1. The van der Waals surface area contributed by atoms with Crippen LogP contribution < -0.4 is 26.0 Å². The van der Waals surface area contributed by atoms with E-state index in [2.05, 4.69) is 27.2 Å². The number of hydrogen-bond donors (Lipinski definition) is 4. The smallest absolute Gasteiger partial charge is 0.275 e. The number of amides is 4. The van der Waals surface area contributed by atoms with E-state index in [0.717, 1.165) is 54.6 Å². The molecule has 0 aromatic heterocycles. The Morgan fingerprint density at radius 1 is 0.731 bits per heavy atom. The minimum Gasteiger partial charge on any atom is -0.480 e. The third kappa shape index (κ3) is 16.5. The molecule has 13 nitrogen and oxygen atoms in total. The van der Waals surface area contributed by atoms with Crippen molar-refractivity contribution in [3.8, 4) is 18.1 Å². The van der Waals surface area contributed by atoms with Crippen LogP contribution in [-0.2, 0) is 59.3 Å². The average Bonchev–Trinajstić information content (AvgIpc) is 4.05. The third-order valence-electron chi connectivity index (χ3n) is 12.6. The van der Waals surface area contributed by atoms with E-state index in [9.17, 15) is 28.8 Å². The summed E-state index contributed by atoms with van der Waals surface area (Å²) in [6.07, 6.45) is 10.3. The summed E-state index contributed by atoms with van der Waals surface area (Å²) in [6, 6.07) is 20.8. The number of quaternary nitrogens is 1. The number of nitrogens with zero attached hydrogens (tertiary/aromatic N) is 1. The number of likely N-dealkylation sites (tertiary alicyclic amines) is 1. The Morgan fingerprint density at radius 3 is 1.90 bits per heavy atom. The van der Waals surface area contributed by atoms with Crippen LogP contribution in [0.3, 0.4) is 0 Å². The zero-order chi connectivity index (χ0) is 48.6. The molecule has 2 aliphatic heterocycles. The largest absolute Gasteiger partial charge is 0.480 e. The van der Waals surface area contributed by atoms with E-state index in [0.29, 0.717) is 29.6 Å². The van der Waals surface area contributed by atoms with Crippen molar-refractivity contribution in [2.45, 2.75) is 136 Å². The summed E-state index contributed by atoms with van der Waals surface area (Å²) in [7, 11) is 0. The molecule has 0 unspecified atom stereocenters. The van der Waals surface area contributed by atoms with Gasteiger partial charge in [-0.3, -0.25) is 28.8 Å². The molecule has 4 amide bonds. The van der Waals surface area contributed by atoms with Gasteiger partial charge in [0.05, 0.1) is 25.7 Å². The molecule has 3 aromatic carbocycles. The lowest BCUT2D eigenvalue weighted by Gasteiger charge is -2.41. The second kappa shape index (κ2) is 24.8. The number of piperidine rings is 1. The lowest BCUT2D eigenvalue weighted by molar-refractivity contribution is -0.938. The van der Waals surface area contributed by atoms with Gasteiger partial charge in [-0.1, -0.05) is 100 Å². The number of Topliss-reactive ketones (excluding diaryl/α,β-unsaturated/α-hetero) is 2. The van der Waals surface area contributed by atoms with Crippen LogP contribution in [0, 0.1) is 24.2 Å². The molecule has 2 aliphatic rings. The molecule has 4 N–H and O–H groups in total. The number of terminal acetylenes is 1. The predicted molar refractivity (Wildman–Crippen MR) is 258 cm³/mol. The second-order valence-corrected chi connectivity index (χ2v) is 19.6. The monoisotopic (exact) mass is 919 g/mol. The van der Waals surface area contributed by atoms with Gasteiger partial charge in [0.2, 0.25) is 17.7 Å². The highest BCUT2D eigenvalue weighted by Crippen LogP contribution is 2.31. The van der Waals surface area contributed by atoms with Crippen LogP contribution in [0.25, 0.3) is 0 Å². The quantitative estimate of drug-likeness (QED) is 0.0459. The van der Waals surface area contributed by atoms with Crippen LogP contribution in [0.5, 0.6) is 5.75 Å². The summed E-state index contributed by atoms with van der Waals surface area (Å²) in [4.78, 5) is 83.0. The Labute approximate surface area is 397 Å². The summed E-state index contributed by atoms with van der Waals surface area (Å²) in [6.45, 7) is 13.5. The van der Waals surface area contributed by atoms with E-state index in [1.54, 1.807) is 13.8 Å². The van der Waals surface area contributed by atoms with E-state index in [1.165, 1.54) is 0 Å². The molecule has 0 radical (unpaired) electrons. The second-order valence-electron chi connectivity index (χ2n) is 19.6.